The first-order chi connectivity index (χ1) is 16.1. The van der Waals surface area contributed by atoms with Crippen LogP contribution >= 0.6 is 11.6 Å². The summed E-state index contributed by atoms with van der Waals surface area (Å²) in [5, 5.41) is 16.0. The molecule has 1 aromatic carbocycles. The van der Waals surface area contributed by atoms with Crippen LogP contribution in [-0.4, -0.2) is 52.8 Å². The second kappa shape index (κ2) is 8.47. The maximum Gasteiger partial charge on any atom is 0.440 e. The van der Waals surface area contributed by atoms with E-state index in [4.69, 9.17) is 16.3 Å². The summed E-state index contributed by atoms with van der Waals surface area (Å²) in [7, 11) is 1.49. The van der Waals surface area contributed by atoms with Crippen LogP contribution < -0.4 is 16.0 Å². The van der Waals surface area contributed by atoms with E-state index in [1.807, 2.05) is 5.32 Å². The quantitative estimate of drug-likeness (QED) is 0.449. The number of amides is 2. The molecular formula is C20H15ClF3N7O3. The van der Waals surface area contributed by atoms with Crippen molar-refractivity contribution in [3.8, 4) is 6.07 Å². The van der Waals surface area contributed by atoms with E-state index in [1.165, 1.54) is 37.4 Å². The predicted octanol–water partition coefficient (Wildman–Crippen LogP) is 2.61. The van der Waals surface area contributed by atoms with Crippen molar-refractivity contribution in [1.82, 2.24) is 19.9 Å². The average Bonchev–Trinajstić information content (AvgIpc) is 3.27. The summed E-state index contributed by atoms with van der Waals surface area (Å²) in [6, 6.07) is 8.31. The number of methoxy groups -OCH3 is 1. The zero-order valence-electron chi connectivity index (χ0n) is 17.3. The number of aromatic nitrogens is 3. The van der Waals surface area contributed by atoms with Crippen LogP contribution in [-0.2, 0) is 15.2 Å². The summed E-state index contributed by atoms with van der Waals surface area (Å²) >= 11 is 5.97. The van der Waals surface area contributed by atoms with Gasteiger partial charge in [0.1, 0.15) is 23.1 Å². The molecule has 1 atom stereocenters. The number of halogens is 4. The highest BCUT2D eigenvalue weighted by Gasteiger charge is 2.68. The average molecular weight is 494 g/mol. The number of pyridine rings is 1. The van der Waals surface area contributed by atoms with Crippen LogP contribution in [0.2, 0.25) is 5.02 Å². The van der Waals surface area contributed by atoms with Crippen LogP contribution in [0.3, 0.4) is 0 Å². The first-order valence-electron chi connectivity index (χ1n) is 9.66. The van der Waals surface area contributed by atoms with Gasteiger partial charge in [0, 0.05) is 13.7 Å². The molecule has 0 saturated heterocycles. The van der Waals surface area contributed by atoms with Gasteiger partial charge in [-0.1, -0.05) is 17.7 Å². The maximum absolute atomic E-state index is 14.5. The molecule has 3 aromatic rings. The van der Waals surface area contributed by atoms with Gasteiger partial charge < -0.3 is 15.4 Å². The second-order valence-corrected chi connectivity index (χ2v) is 7.52. The second-order valence-electron chi connectivity index (χ2n) is 7.12. The maximum atomic E-state index is 14.5. The number of anilines is 2. The molecule has 34 heavy (non-hydrogen) atoms. The lowest BCUT2D eigenvalue weighted by molar-refractivity contribution is -0.213. The van der Waals surface area contributed by atoms with Gasteiger partial charge in [-0.3, -0.25) is 19.5 Å². The van der Waals surface area contributed by atoms with Gasteiger partial charge in [0.15, 0.2) is 0 Å². The van der Waals surface area contributed by atoms with Crippen LogP contribution in [0.5, 0.6) is 0 Å². The number of hydrogen-bond acceptors (Lipinski definition) is 7. The summed E-state index contributed by atoms with van der Waals surface area (Å²) in [6.07, 6.45) is -5.30. The van der Waals surface area contributed by atoms with Crippen molar-refractivity contribution in [2.24, 2.45) is 0 Å². The van der Waals surface area contributed by atoms with Gasteiger partial charge in [-0.25, -0.2) is 9.97 Å². The molecule has 0 saturated carbocycles. The molecule has 0 bridgehead atoms. The molecular weight excluding hydrogens is 479 g/mol. The van der Waals surface area contributed by atoms with Crippen molar-refractivity contribution >= 4 is 46.2 Å². The first-order valence-corrected chi connectivity index (χ1v) is 10.0. The summed E-state index contributed by atoms with van der Waals surface area (Å²) in [4.78, 5) is 33.6. The van der Waals surface area contributed by atoms with E-state index < -0.39 is 29.6 Å². The van der Waals surface area contributed by atoms with Crippen molar-refractivity contribution in [1.29, 1.82) is 5.26 Å². The Morgan fingerprint density at radius 1 is 1.32 bits per heavy atom. The Kier molecular flexibility index (Phi) is 5.80. The number of hydrogen-bond donors (Lipinski definition) is 3. The van der Waals surface area contributed by atoms with Gasteiger partial charge in [-0.05, 0) is 24.3 Å². The molecule has 4 rings (SSSR count). The molecule has 3 heterocycles. The lowest BCUT2D eigenvalue weighted by Gasteiger charge is -2.31. The van der Waals surface area contributed by atoms with Crippen molar-refractivity contribution in [2.45, 2.75) is 11.8 Å². The lowest BCUT2D eigenvalue weighted by Crippen LogP contribution is -2.63. The van der Waals surface area contributed by atoms with E-state index in [0.29, 0.717) is 17.7 Å². The fourth-order valence-corrected chi connectivity index (χ4v) is 3.75. The molecule has 2 amide bonds. The molecule has 2 aromatic heterocycles. The minimum Gasteiger partial charge on any atom is -0.383 e. The number of carbonyl (C=O) groups is 2. The van der Waals surface area contributed by atoms with E-state index in [0.717, 1.165) is 0 Å². The Balaban J connectivity index is 1.81. The number of carbonyl (C=O) groups excluding carboxylic acids is 2. The monoisotopic (exact) mass is 493 g/mol. The predicted molar refractivity (Wildman–Crippen MR) is 114 cm³/mol. The van der Waals surface area contributed by atoms with Crippen molar-refractivity contribution in [3.63, 3.8) is 0 Å². The molecule has 0 fully saturated rings. The number of fused-ring (bicyclic) bond motifs is 3. The largest absolute Gasteiger partial charge is 0.440 e. The highest BCUT2D eigenvalue weighted by Crippen LogP contribution is 2.45. The normalized spacial score (nSPS) is 17.2. The molecule has 3 N–H and O–H groups in total. The van der Waals surface area contributed by atoms with Crippen molar-refractivity contribution in [3.05, 3.63) is 46.6 Å². The molecule has 1 aliphatic heterocycles. The van der Waals surface area contributed by atoms with E-state index in [2.05, 4.69) is 15.3 Å². The first kappa shape index (κ1) is 23.3. The van der Waals surface area contributed by atoms with Gasteiger partial charge in [0.25, 0.3) is 17.5 Å². The standard InChI is InChI=1S/C20H15ClF3N7O3/c1-34-8-7-26-14-4-2-3-12(27-14)16(32)30-19(20(22,23)24)17(33)29-18-28-15-10(9-25)11(21)5-6-13(15)31(18)19/h2-6H,7-8H2,1H3,(H,26,27)(H,30,32)(H,28,29,33). The van der Waals surface area contributed by atoms with Crippen LogP contribution in [0, 0.1) is 11.3 Å². The zero-order valence-corrected chi connectivity index (χ0v) is 18.1. The topological polar surface area (TPSA) is 134 Å². The van der Waals surface area contributed by atoms with Gasteiger partial charge >= 0.3 is 6.18 Å². The van der Waals surface area contributed by atoms with E-state index in [-0.39, 0.29) is 33.1 Å². The van der Waals surface area contributed by atoms with Crippen molar-refractivity contribution < 1.29 is 27.5 Å². The molecule has 1 aliphatic rings. The molecule has 0 radical (unpaired) electrons. The number of benzene rings is 1. The summed E-state index contributed by atoms with van der Waals surface area (Å²) in [6.45, 7) is 0.679. The SMILES string of the molecule is COCCNc1cccc(C(=O)NC2(C(F)(F)F)C(=O)Nc3nc4c(C#N)c(Cl)ccc4n32)n1. The highest BCUT2D eigenvalue weighted by molar-refractivity contribution is 6.32. The lowest BCUT2D eigenvalue weighted by atomic mass is 10.1. The van der Waals surface area contributed by atoms with Gasteiger partial charge in [0.05, 0.1) is 22.7 Å². The Hall–Kier alpha value is -3.89. The Bertz CT molecular complexity index is 1350. The Morgan fingerprint density at radius 2 is 2.09 bits per heavy atom. The van der Waals surface area contributed by atoms with Crippen molar-refractivity contribution in [2.75, 3.05) is 30.9 Å². The van der Waals surface area contributed by atoms with Crippen LogP contribution in [0.4, 0.5) is 24.9 Å². The highest BCUT2D eigenvalue weighted by atomic mass is 35.5. The van der Waals surface area contributed by atoms with E-state index in [9.17, 15) is 28.0 Å². The molecule has 1 unspecified atom stereocenters. The fraction of sp³-hybridized carbons (Fsp3) is 0.250. The zero-order chi connectivity index (χ0) is 24.7. The number of ether oxygens (including phenoxy) is 1. The van der Waals surface area contributed by atoms with Crippen LogP contribution in [0.1, 0.15) is 16.1 Å². The molecule has 10 nitrogen and oxygen atoms in total. The van der Waals surface area contributed by atoms with Gasteiger partial charge in [0.2, 0.25) is 5.95 Å². The van der Waals surface area contributed by atoms with Gasteiger partial charge in [-0.2, -0.15) is 18.4 Å². The minimum absolute atomic E-state index is 0.0262. The number of rotatable bonds is 6. The number of nitrogens with zero attached hydrogens (tertiary/aromatic N) is 4. The third kappa shape index (κ3) is 3.57. The number of imidazole rings is 1. The third-order valence-electron chi connectivity index (χ3n) is 5.08. The fourth-order valence-electron chi connectivity index (χ4n) is 3.55. The van der Waals surface area contributed by atoms with E-state index >= 15 is 0 Å². The van der Waals surface area contributed by atoms with E-state index in [1.54, 1.807) is 11.4 Å². The van der Waals surface area contributed by atoms with Gasteiger partial charge in [-0.15, -0.1) is 0 Å². The molecule has 176 valence electrons. The molecule has 0 spiro atoms. The summed E-state index contributed by atoms with van der Waals surface area (Å²) in [5.74, 6) is -3.10. The smallest absolute Gasteiger partial charge is 0.383 e. The minimum atomic E-state index is -5.30. The summed E-state index contributed by atoms with van der Waals surface area (Å²) in [5.41, 5.74) is -4.47. The Morgan fingerprint density at radius 3 is 2.76 bits per heavy atom. The number of nitriles is 1. The van der Waals surface area contributed by atoms with Crippen LogP contribution in [0.15, 0.2) is 30.3 Å². The van der Waals surface area contributed by atoms with Crippen LogP contribution in [0.25, 0.3) is 11.0 Å². The molecule has 0 aliphatic carbocycles. The summed E-state index contributed by atoms with van der Waals surface area (Å²) < 4.78 is 48.9. The number of nitrogens with one attached hydrogen (secondary N) is 3. The number of alkyl halides is 3. The molecule has 14 heteroatoms. The Labute approximate surface area is 194 Å². The third-order valence-corrected chi connectivity index (χ3v) is 5.39.